The number of benzene rings is 1. The number of hydrogen-bond acceptors (Lipinski definition) is 6. The fourth-order valence-electron chi connectivity index (χ4n) is 4.14. The summed E-state index contributed by atoms with van der Waals surface area (Å²) < 4.78 is 0. The van der Waals surface area contributed by atoms with Gasteiger partial charge in [-0.05, 0) is 37.5 Å². The largest absolute Gasteiger partial charge is 0.381 e. The van der Waals surface area contributed by atoms with E-state index in [2.05, 4.69) is 33.2 Å². The number of likely N-dealkylation sites (tertiary alicyclic amines) is 1. The number of aryl methyl sites for hydroxylation is 1. The molecule has 7 heteroatoms. The van der Waals surface area contributed by atoms with E-state index in [1.807, 2.05) is 37.4 Å². The standard InChI is InChI=1S/C22H25N5O2/c1-15-13-26(14-17-6-3-4-10-23-17)11-9-19(15)25-20-12-16(2)24-22-18(20)7-5-8-21(22)27(28)29/h3-8,10,12,15,19H,9,11,13-14H2,1-2H3,(H,24,25). The molecule has 0 radical (unpaired) electrons. The van der Waals surface area contributed by atoms with Crippen molar-refractivity contribution < 1.29 is 4.92 Å². The molecule has 0 aliphatic carbocycles. The Labute approximate surface area is 169 Å². The molecule has 3 heterocycles. The zero-order valence-electron chi connectivity index (χ0n) is 16.7. The van der Waals surface area contributed by atoms with Crippen LogP contribution in [-0.4, -0.2) is 38.9 Å². The summed E-state index contributed by atoms with van der Waals surface area (Å²) in [6.07, 6.45) is 2.84. The number of anilines is 1. The van der Waals surface area contributed by atoms with Gasteiger partial charge in [-0.3, -0.25) is 20.0 Å². The van der Waals surface area contributed by atoms with Gasteiger partial charge in [-0.2, -0.15) is 0 Å². The molecule has 3 aromatic rings. The summed E-state index contributed by atoms with van der Waals surface area (Å²) in [5.74, 6) is 0.440. The number of nitrogens with one attached hydrogen (secondary N) is 1. The minimum atomic E-state index is -0.364. The number of pyridine rings is 2. The maximum atomic E-state index is 11.4. The Balaban J connectivity index is 1.52. The average molecular weight is 391 g/mol. The Morgan fingerprint density at radius 2 is 2.14 bits per heavy atom. The highest BCUT2D eigenvalue weighted by Gasteiger charge is 2.27. The van der Waals surface area contributed by atoms with Crippen LogP contribution in [0.15, 0.2) is 48.7 Å². The van der Waals surface area contributed by atoms with E-state index in [1.54, 1.807) is 6.07 Å². The number of nitrogens with zero attached hydrogens (tertiary/aromatic N) is 4. The molecule has 0 bridgehead atoms. The van der Waals surface area contributed by atoms with E-state index in [1.165, 1.54) is 6.07 Å². The van der Waals surface area contributed by atoms with Gasteiger partial charge < -0.3 is 5.32 Å². The number of nitro groups is 1. The zero-order valence-corrected chi connectivity index (χ0v) is 16.7. The molecular formula is C22H25N5O2. The summed E-state index contributed by atoms with van der Waals surface area (Å²) >= 11 is 0. The van der Waals surface area contributed by atoms with Crippen molar-refractivity contribution in [1.29, 1.82) is 0 Å². The van der Waals surface area contributed by atoms with Crippen molar-refractivity contribution >= 4 is 22.3 Å². The van der Waals surface area contributed by atoms with Gasteiger partial charge in [0.1, 0.15) is 0 Å². The van der Waals surface area contributed by atoms with Crippen LogP contribution < -0.4 is 5.32 Å². The fourth-order valence-corrected chi connectivity index (χ4v) is 4.14. The Hall–Kier alpha value is -3.06. The zero-order chi connectivity index (χ0) is 20.4. The molecule has 29 heavy (non-hydrogen) atoms. The molecule has 4 rings (SSSR count). The van der Waals surface area contributed by atoms with Crippen LogP contribution in [0.3, 0.4) is 0 Å². The van der Waals surface area contributed by atoms with Crippen molar-refractivity contribution in [3.63, 3.8) is 0 Å². The molecule has 1 aliphatic rings. The SMILES string of the molecule is Cc1cc(NC2CCN(Cc3ccccn3)CC2C)c2cccc([N+](=O)[O-])c2n1. The van der Waals surface area contributed by atoms with Gasteiger partial charge in [-0.25, -0.2) is 4.98 Å². The summed E-state index contributed by atoms with van der Waals surface area (Å²) in [5.41, 5.74) is 3.28. The lowest BCUT2D eigenvalue weighted by molar-refractivity contribution is -0.383. The highest BCUT2D eigenvalue weighted by Crippen LogP contribution is 2.32. The van der Waals surface area contributed by atoms with Crippen molar-refractivity contribution in [2.24, 2.45) is 5.92 Å². The lowest BCUT2D eigenvalue weighted by Crippen LogP contribution is -2.44. The molecule has 1 aromatic carbocycles. The quantitative estimate of drug-likeness (QED) is 0.519. The predicted octanol–water partition coefficient (Wildman–Crippen LogP) is 4.17. The van der Waals surface area contributed by atoms with E-state index in [-0.39, 0.29) is 10.6 Å². The Morgan fingerprint density at radius 1 is 1.28 bits per heavy atom. The summed E-state index contributed by atoms with van der Waals surface area (Å²) in [6.45, 7) is 6.96. The Bertz CT molecular complexity index is 1020. The number of para-hydroxylation sites is 1. The number of aromatic nitrogens is 2. The third-order valence-corrected chi connectivity index (χ3v) is 5.59. The molecule has 7 nitrogen and oxygen atoms in total. The van der Waals surface area contributed by atoms with Crippen LogP contribution in [0.5, 0.6) is 0 Å². The van der Waals surface area contributed by atoms with Gasteiger partial charge >= 0.3 is 0 Å². The lowest BCUT2D eigenvalue weighted by atomic mass is 9.93. The van der Waals surface area contributed by atoms with Gasteiger partial charge in [0.2, 0.25) is 0 Å². The van der Waals surface area contributed by atoms with Crippen molar-refractivity contribution in [3.8, 4) is 0 Å². The van der Waals surface area contributed by atoms with Crippen LogP contribution in [-0.2, 0) is 6.54 Å². The van der Waals surface area contributed by atoms with Gasteiger partial charge in [0, 0.05) is 54.7 Å². The van der Waals surface area contributed by atoms with Crippen LogP contribution in [0.25, 0.3) is 10.9 Å². The summed E-state index contributed by atoms with van der Waals surface area (Å²) in [5, 5.41) is 15.9. The third kappa shape index (κ3) is 4.19. The van der Waals surface area contributed by atoms with E-state index in [0.29, 0.717) is 17.5 Å². The van der Waals surface area contributed by atoms with Crippen molar-refractivity contribution in [1.82, 2.24) is 14.9 Å². The molecular weight excluding hydrogens is 366 g/mol. The molecule has 0 saturated carbocycles. The first-order chi connectivity index (χ1) is 14.0. The summed E-state index contributed by atoms with van der Waals surface area (Å²) in [6, 6.07) is 13.5. The monoisotopic (exact) mass is 391 g/mol. The molecule has 2 unspecified atom stereocenters. The topological polar surface area (TPSA) is 84.2 Å². The predicted molar refractivity (Wildman–Crippen MR) is 114 cm³/mol. The van der Waals surface area contributed by atoms with Crippen LogP contribution in [0, 0.1) is 23.0 Å². The molecule has 0 amide bonds. The molecule has 1 aliphatic heterocycles. The Kier molecular flexibility index (Phi) is 5.40. The van der Waals surface area contributed by atoms with Crippen LogP contribution in [0.2, 0.25) is 0 Å². The molecule has 1 fully saturated rings. The molecule has 2 atom stereocenters. The Morgan fingerprint density at radius 3 is 2.86 bits per heavy atom. The highest BCUT2D eigenvalue weighted by atomic mass is 16.6. The second kappa shape index (κ2) is 8.13. The van der Waals surface area contributed by atoms with Crippen molar-refractivity contribution in [2.45, 2.75) is 32.9 Å². The first kappa shape index (κ1) is 19.3. The van der Waals surface area contributed by atoms with Crippen molar-refractivity contribution in [3.05, 3.63) is 70.2 Å². The first-order valence-electron chi connectivity index (χ1n) is 9.95. The number of non-ortho nitro benzene ring substituents is 1. The van der Waals surface area contributed by atoms with Crippen LogP contribution in [0.4, 0.5) is 11.4 Å². The van der Waals surface area contributed by atoms with Crippen LogP contribution in [0.1, 0.15) is 24.7 Å². The van der Waals surface area contributed by atoms with E-state index in [0.717, 1.165) is 48.5 Å². The van der Waals surface area contributed by atoms with E-state index < -0.39 is 0 Å². The van der Waals surface area contributed by atoms with E-state index in [4.69, 9.17) is 0 Å². The fraction of sp³-hybridized carbons (Fsp3) is 0.364. The number of fused-ring (bicyclic) bond motifs is 1. The number of rotatable bonds is 5. The van der Waals surface area contributed by atoms with Crippen LogP contribution >= 0.6 is 0 Å². The first-order valence-corrected chi connectivity index (χ1v) is 9.95. The van der Waals surface area contributed by atoms with Gasteiger partial charge in [0.05, 0.1) is 10.6 Å². The minimum Gasteiger partial charge on any atom is -0.381 e. The number of piperidine rings is 1. The van der Waals surface area contributed by atoms with Gasteiger partial charge in [0.25, 0.3) is 5.69 Å². The maximum absolute atomic E-state index is 11.4. The van der Waals surface area contributed by atoms with Gasteiger partial charge in [-0.15, -0.1) is 0 Å². The molecule has 0 spiro atoms. The third-order valence-electron chi connectivity index (χ3n) is 5.59. The second-order valence-electron chi connectivity index (χ2n) is 7.81. The average Bonchev–Trinajstić information content (AvgIpc) is 2.70. The lowest BCUT2D eigenvalue weighted by Gasteiger charge is -2.37. The summed E-state index contributed by atoms with van der Waals surface area (Å²) in [7, 11) is 0. The smallest absolute Gasteiger partial charge is 0.295 e. The second-order valence-corrected chi connectivity index (χ2v) is 7.81. The molecule has 1 saturated heterocycles. The molecule has 150 valence electrons. The number of nitro benzene ring substituents is 1. The minimum absolute atomic E-state index is 0.0486. The normalized spacial score (nSPS) is 19.9. The number of hydrogen-bond donors (Lipinski definition) is 1. The molecule has 2 aromatic heterocycles. The van der Waals surface area contributed by atoms with Crippen molar-refractivity contribution in [2.75, 3.05) is 18.4 Å². The van der Waals surface area contributed by atoms with E-state index in [9.17, 15) is 10.1 Å². The van der Waals surface area contributed by atoms with Gasteiger partial charge in [-0.1, -0.05) is 25.1 Å². The highest BCUT2D eigenvalue weighted by molar-refractivity contribution is 5.96. The molecule has 1 N–H and O–H groups in total. The maximum Gasteiger partial charge on any atom is 0.295 e. The van der Waals surface area contributed by atoms with Gasteiger partial charge in [0.15, 0.2) is 5.52 Å². The van der Waals surface area contributed by atoms with E-state index >= 15 is 0 Å². The summed E-state index contributed by atoms with van der Waals surface area (Å²) in [4.78, 5) is 22.3.